The molecule has 0 saturated carbocycles. The average molecular weight is 466 g/mol. The van der Waals surface area contributed by atoms with Gasteiger partial charge in [0.15, 0.2) is 0 Å². The molecule has 3 aromatic rings. The number of alkyl halides is 2. The van der Waals surface area contributed by atoms with Gasteiger partial charge in [-0.3, -0.25) is 10.2 Å². The molecule has 2 amide bonds. The number of hydrogen-bond acceptors (Lipinski definition) is 3. The standard InChI is InChI=1S/C26H29F2N5O/c27-14-20(15-28)32-16-22(18-8-3-1-4-9-18)24(17-32)29-26(34)30-25-21-12-7-13-23(21)31-33(25)19-10-5-2-6-11-19/h1-6,8-11,20,22,24H,7,12-17H2,(H2,29,30,34)/t22-,24?/m0/s1. The maximum absolute atomic E-state index is 13.4. The van der Waals surface area contributed by atoms with E-state index in [-0.39, 0.29) is 18.0 Å². The molecule has 2 N–H and O–H groups in total. The molecule has 1 unspecified atom stereocenters. The Hall–Kier alpha value is -3.26. The summed E-state index contributed by atoms with van der Waals surface area (Å²) >= 11 is 0. The van der Waals surface area contributed by atoms with Crippen molar-refractivity contribution in [1.82, 2.24) is 20.0 Å². The van der Waals surface area contributed by atoms with Crippen molar-refractivity contribution in [2.24, 2.45) is 0 Å². The number of carbonyl (C=O) groups excluding carboxylic acids is 1. The van der Waals surface area contributed by atoms with Crippen molar-refractivity contribution in [2.75, 3.05) is 31.8 Å². The molecule has 1 saturated heterocycles. The Labute approximate surface area is 198 Å². The van der Waals surface area contributed by atoms with Gasteiger partial charge < -0.3 is 5.32 Å². The Bertz CT molecular complexity index is 1120. The first-order chi connectivity index (χ1) is 16.7. The second-order valence-corrected chi connectivity index (χ2v) is 9.01. The number of urea groups is 1. The van der Waals surface area contributed by atoms with Crippen LogP contribution in [0, 0.1) is 0 Å². The van der Waals surface area contributed by atoms with Gasteiger partial charge in [0.2, 0.25) is 0 Å². The van der Waals surface area contributed by atoms with E-state index in [1.165, 1.54) is 0 Å². The quantitative estimate of drug-likeness (QED) is 0.548. The number of nitrogens with one attached hydrogen (secondary N) is 2. The smallest absolute Gasteiger partial charge is 0.320 e. The molecule has 0 radical (unpaired) electrons. The summed E-state index contributed by atoms with van der Waals surface area (Å²) in [7, 11) is 0. The zero-order chi connectivity index (χ0) is 23.5. The number of likely N-dealkylation sites (tertiary alicyclic amines) is 1. The molecule has 178 valence electrons. The number of anilines is 1. The lowest BCUT2D eigenvalue weighted by molar-refractivity contribution is 0.163. The van der Waals surface area contributed by atoms with Crippen molar-refractivity contribution >= 4 is 11.8 Å². The van der Waals surface area contributed by atoms with Crippen LogP contribution in [-0.2, 0) is 12.8 Å². The number of hydrogen-bond donors (Lipinski definition) is 2. The van der Waals surface area contributed by atoms with Gasteiger partial charge in [-0.25, -0.2) is 18.3 Å². The molecule has 1 aliphatic carbocycles. The average Bonchev–Trinajstić information content (AvgIpc) is 3.57. The highest BCUT2D eigenvalue weighted by Crippen LogP contribution is 2.32. The van der Waals surface area contributed by atoms with Crippen molar-refractivity contribution in [3.8, 4) is 5.69 Å². The summed E-state index contributed by atoms with van der Waals surface area (Å²) in [5.41, 5.74) is 4.01. The van der Waals surface area contributed by atoms with Crippen molar-refractivity contribution in [2.45, 2.75) is 37.3 Å². The van der Waals surface area contributed by atoms with Gasteiger partial charge in [-0.05, 0) is 37.0 Å². The molecule has 34 heavy (non-hydrogen) atoms. The van der Waals surface area contributed by atoms with Crippen LogP contribution in [0.15, 0.2) is 60.7 Å². The minimum absolute atomic E-state index is 0.0581. The molecular formula is C26H29F2N5O. The van der Waals surface area contributed by atoms with E-state index >= 15 is 0 Å². The Morgan fingerprint density at radius 3 is 2.41 bits per heavy atom. The fraction of sp³-hybridized carbons (Fsp3) is 0.385. The molecule has 0 spiro atoms. The van der Waals surface area contributed by atoms with Crippen LogP contribution in [0.25, 0.3) is 5.69 Å². The third-order valence-electron chi connectivity index (χ3n) is 6.90. The van der Waals surface area contributed by atoms with E-state index in [9.17, 15) is 13.6 Å². The normalized spacial score (nSPS) is 20.0. The van der Waals surface area contributed by atoms with Crippen LogP contribution in [0.3, 0.4) is 0 Å². The predicted molar refractivity (Wildman–Crippen MR) is 128 cm³/mol. The van der Waals surface area contributed by atoms with E-state index in [0.29, 0.717) is 18.9 Å². The lowest BCUT2D eigenvalue weighted by atomic mass is 9.94. The van der Waals surface area contributed by atoms with Crippen LogP contribution in [0.2, 0.25) is 0 Å². The number of nitrogens with zero attached hydrogens (tertiary/aromatic N) is 3. The van der Waals surface area contributed by atoms with E-state index in [2.05, 4.69) is 10.6 Å². The van der Waals surface area contributed by atoms with Gasteiger partial charge in [-0.15, -0.1) is 0 Å². The van der Waals surface area contributed by atoms with Crippen molar-refractivity contribution in [3.05, 3.63) is 77.5 Å². The predicted octanol–water partition coefficient (Wildman–Crippen LogP) is 4.26. The largest absolute Gasteiger partial charge is 0.333 e. The van der Waals surface area contributed by atoms with Crippen LogP contribution in [0.1, 0.15) is 29.2 Å². The number of rotatable bonds is 7. The number of fused-ring (bicyclic) bond motifs is 1. The zero-order valence-electron chi connectivity index (χ0n) is 19.0. The first kappa shape index (κ1) is 22.5. The molecule has 0 bridgehead atoms. The van der Waals surface area contributed by atoms with Crippen molar-refractivity contribution in [1.29, 1.82) is 0 Å². The highest BCUT2D eigenvalue weighted by molar-refractivity contribution is 5.90. The summed E-state index contributed by atoms with van der Waals surface area (Å²) in [6.45, 7) is -0.620. The minimum atomic E-state index is -0.788. The molecule has 2 atom stereocenters. The monoisotopic (exact) mass is 465 g/mol. The second-order valence-electron chi connectivity index (χ2n) is 9.01. The number of benzene rings is 2. The van der Waals surface area contributed by atoms with Gasteiger partial charge in [0.25, 0.3) is 0 Å². The molecule has 2 heterocycles. The van der Waals surface area contributed by atoms with E-state index in [1.54, 1.807) is 9.58 Å². The molecule has 1 aliphatic heterocycles. The number of halogens is 2. The molecule has 5 rings (SSSR count). The fourth-order valence-corrected chi connectivity index (χ4v) is 5.14. The summed E-state index contributed by atoms with van der Waals surface area (Å²) in [6, 6.07) is 18.2. The maximum atomic E-state index is 13.4. The van der Waals surface area contributed by atoms with Crippen molar-refractivity contribution in [3.63, 3.8) is 0 Å². The molecular weight excluding hydrogens is 436 g/mol. The van der Waals surface area contributed by atoms with Crippen LogP contribution in [0.5, 0.6) is 0 Å². The molecule has 1 fully saturated rings. The molecule has 1 aromatic heterocycles. The van der Waals surface area contributed by atoms with E-state index in [0.717, 1.165) is 41.8 Å². The van der Waals surface area contributed by atoms with Crippen molar-refractivity contribution < 1.29 is 13.6 Å². The maximum Gasteiger partial charge on any atom is 0.320 e. The Kier molecular flexibility index (Phi) is 6.58. The lowest BCUT2D eigenvalue weighted by Crippen LogP contribution is -2.44. The highest BCUT2D eigenvalue weighted by Gasteiger charge is 2.38. The lowest BCUT2D eigenvalue weighted by Gasteiger charge is -2.22. The van der Waals surface area contributed by atoms with E-state index in [1.807, 2.05) is 60.7 Å². The SMILES string of the molecule is O=C(Nc1c2c(nn1-c1ccccc1)CCC2)NC1CN(C(CF)CF)C[C@H]1c1ccccc1. The zero-order valence-corrected chi connectivity index (χ0v) is 19.0. The number of amides is 2. The minimum Gasteiger partial charge on any atom is -0.333 e. The fourth-order valence-electron chi connectivity index (χ4n) is 5.14. The van der Waals surface area contributed by atoms with Gasteiger partial charge in [-0.2, -0.15) is 5.10 Å². The number of para-hydroxylation sites is 1. The third-order valence-corrected chi connectivity index (χ3v) is 6.90. The van der Waals surface area contributed by atoms with E-state index in [4.69, 9.17) is 5.10 Å². The molecule has 2 aromatic carbocycles. The number of aryl methyl sites for hydroxylation is 1. The van der Waals surface area contributed by atoms with Gasteiger partial charge in [0.1, 0.15) is 19.2 Å². The Morgan fingerprint density at radius 2 is 1.71 bits per heavy atom. The van der Waals surface area contributed by atoms with Gasteiger partial charge >= 0.3 is 6.03 Å². The van der Waals surface area contributed by atoms with E-state index < -0.39 is 19.4 Å². The highest BCUT2D eigenvalue weighted by atomic mass is 19.1. The summed E-state index contributed by atoms with van der Waals surface area (Å²) in [5, 5.41) is 10.9. The third kappa shape index (κ3) is 4.42. The summed E-state index contributed by atoms with van der Waals surface area (Å²) in [4.78, 5) is 15.0. The van der Waals surface area contributed by atoms with Crippen LogP contribution >= 0.6 is 0 Å². The van der Waals surface area contributed by atoms with Crippen LogP contribution in [0.4, 0.5) is 19.4 Å². The van der Waals surface area contributed by atoms with Gasteiger partial charge in [0.05, 0.1) is 23.5 Å². The summed E-state index contributed by atoms with van der Waals surface area (Å²) < 4.78 is 28.6. The topological polar surface area (TPSA) is 62.2 Å². The first-order valence-electron chi connectivity index (χ1n) is 11.8. The van der Waals surface area contributed by atoms with Gasteiger partial charge in [0, 0.05) is 24.6 Å². The molecule has 8 heteroatoms. The summed E-state index contributed by atoms with van der Waals surface area (Å²) in [5.74, 6) is 0.630. The summed E-state index contributed by atoms with van der Waals surface area (Å²) in [6.07, 6.45) is 2.79. The van der Waals surface area contributed by atoms with Gasteiger partial charge in [-0.1, -0.05) is 48.5 Å². The number of carbonyl (C=O) groups is 1. The number of aromatic nitrogens is 2. The molecule has 6 nitrogen and oxygen atoms in total. The van der Waals surface area contributed by atoms with Crippen LogP contribution < -0.4 is 10.6 Å². The Morgan fingerprint density at radius 1 is 1.00 bits per heavy atom. The first-order valence-corrected chi connectivity index (χ1v) is 11.8. The second kappa shape index (κ2) is 9.93. The Balaban J connectivity index is 1.37. The van der Waals surface area contributed by atoms with Crippen LogP contribution in [-0.4, -0.2) is 59.2 Å². The molecule has 2 aliphatic rings.